The summed E-state index contributed by atoms with van der Waals surface area (Å²) in [5.74, 6) is 0. The Kier molecular flexibility index (Phi) is 3.20. The maximum absolute atomic E-state index is 4.19. The van der Waals surface area contributed by atoms with Gasteiger partial charge in [-0.25, -0.2) is 9.97 Å². The summed E-state index contributed by atoms with van der Waals surface area (Å²) in [7, 11) is 0. The van der Waals surface area contributed by atoms with Crippen LogP contribution in [0.25, 0.3) is 0 Å². The maximum atomic E-state index is 4.19. The third-order valence-electron chi connectivity index (χ3n) is 1.56. The van der Waals surface area contributed by atoms with Gasteiger partial charge in [0.1, 0.15) is 11.4 Å². The van der Waals surface area contributed by atoms with Crippen molar-refractivity contribution in [1.82, 2.24) is 9.97 Å². The Morgan fingerprint density at radius 2 is 2.29 bits per heavy atom. The average molecular weight is 287 g/mol. The van der Waals surface area contributed by atoms with Crippen LogP contribution < -0.4 is 0 Å². The van der Waals surface area contributed by atoms with Crippen LogP contribution in [0.15, 0.2) is 37.5 Å². The summed E-state index contributed by atoms with van der Waals surface area (Å²) in [4.78, 5) is 8.25. The largest absolute Gasteiger partial charge is 0.242 e. The Bertz CT molecular complexity index is 442. The molecule has 2 aromatic rings. The van der Waals surface area contributed by atoms with Crippen molar-refractivity contribution in [1.29, 1.82) is 0 Å². The lowest BCUT2D eigenvalue weighted by Gasteiger charge is -1.98. The van der Waals surface area contributed by atoms with E-state index in [0.717, 1.165) is 15.2 Å². The molecule has 0 saturated heterocycles. The fourth-order valence-corrected chi connectivity index (χ4v) is 3.57. The Morgan fingerprint density at radius 1 is 1.43 bits per heavy atom. The number of nitrogens with zero attached hydrogens (tertiary/aromatic N) is 2. The second-order valence-electron chi connectivity index (χ2n) is 2.66. The minimum absolute atomic E-state index is 0.987. The molecule has 2 rings (SSSR count). The van der Waals surface area contributed by atoms with Crippen molar-refractivity contribution in [2.24, 2.45) is 0 Å². The maximum Gasteiger partial charge on any atom is 0.116 e. The van der Waals surface area contributed by atoms with Gasteiger partial charge in [0, 0.05) is 10.2 Å². The number of hydrogen-bond donors (Lipinski definition) is 0. The molecule has 0 aliphatic carbocycles. The molecule has 0 atom stereocenters. The summed E-state index contributed by atoms with van der Waals surface area (Å²) in [6.07, 6.45) is 1.60. The van der Waals surface area contributed by atoms with Crippen LogP contribution in [0.4, 0.5) is 0 Å². The summed E-state index contributed by atoms with van der Waals surface area (Å²) in [6, 6.07) is 4.03. The standard InChI is InChI=1S/C9H7BrN2S2/c1-6-4-8(12-5-11-6)14-9-7(10)2-3-13-9/h2-5H,1H3. The number of aromatic nitrogens is 2. The molecule has 72 valence electrons. The minimum Gasteiger partial charge on any atom is -0.242 e. The van der Waals surface area contributed by atoms with Crippen molar-refractivity contribution in [3.63, 3.8) is 0 Å². The van der Waals surface area contributed by atoms with Crippen LogP contribution in [-0.2, 0) is 0 Å². The Labute approximate surface area is 98.9 Å². The topological polar surface area (TPSA) is 25.8 Å². The highest BCUT2D eigenvalue weighted by Crippen LogP contribution is 2.36. The van der Waals surface area contributed by atoms with Gasteiger partial charge in [-0.2, -0.15) is 0 Å². The number of rotatable bonds is 2. The molecule has 0 N–H and O–H groups in total. The third kappa shape index (κ3) is 2.34. The molecule has 2 heterocycles. The molecular weight excluding hydrogens is 280 g/mol. The zero-order chi connectivity index (χ0) is 9.97. The molecule has 0 spiro atoms. The number of hydrogen-bond acceptors (Lipinski definition) is 4. The molecule has 0 fully saturated rings. The van der Waals surface area contributed by atoms with Crippen LogP contribution in [0.2, 0.25) is 0 Å². The van der Waals surface area contributed by atoms with Gasteiger partial charge in [-0.3, -0.25) is 0 Å². The molecule has 0 aliphatic heterocycles. The van der Waals surface area contributed by atoms with Crippen LogP contribution in [0.5, 0.6) is 0 Å². The van der Waals surface area contributed by atoms with Crippen molar-refractivity contribution < 1.29 is 0 Å². The Hall–Kier alpha value is -0.390. The first-order valence-electron chi connectivity index (χ1n) is 3.95. The predicted molar refractivity (Wildman–Crippen MR) is 62.9 cm³/mol. The van der Waals surface area contributed by atoms with E-state index in [1.165, 1.54) is 4.21 Å². The lowest BCUT2D eigenvalue weighted by atomic mass is 10.5. The van der Waals surface area contributed by atoms with Crippen LogP contribution in [0.3, 0.4) is 0 Å². The summed E-state index contributed by atoms with van der Waals surface area (Å²) in [5.41, 5.74) is 0.996. The quantitative estimate of drug-likeness (QED) is 0.786. The van der Waals surface area contributed by atoms with Crippen LogP contribution in [-0.4, -0.2) is 9.97 Å². The first-order valence-corrected chi connectivity index (χ1v) is 6.44. The van der Waals surface area contributed by atoms with E-state index in [1.807, 2.05) is 19.1 Å². The molecular formula is C9H7BrN2S2. The highest BCUT2D eigenvalue weighted by molar-refractivity contribution is 9.10. The van der Waals surface area contributed by atoms with E-state index in [1.54, 1.807) is 29.4 Å². The molecule has 0 unspecified atom stereocenters. The summed E-state index contributed by atoms with van der Waals surface area (Å²) in [6.45, 7) is 1.97. The zero-order valence-electron chi connectivity index (χ0n) is 7.40. The summed E-state index contributed by atoms with van der Waals surface area (Å²) < 4.78 is 2.35. The van der Waals surface area contributed by atoms with Crippen LogP contribution >= 0.6 is 39.0 Å². The SMILES string of the molecule is Cc1cc(Sc2sccc2Br)ncn1. The zero-order valence-corrected chi connectivity index (χ0v) is 10.6. The molecule has 5 heteroatoms. The van der Waals surface area contributed by atoms with Crippen molar-refractivity contribution in [2.75, 3.05) is 0 Å². The number of thiophene rings is 1. The monoisotopic (exact) mass is 286 g/mol. The smallest absolute Gasteiger partial charge is 0.116 e. The third-order valence-corrected chi connectivity index (χ3v) is 4.83. The lowest BCUT2D eigenvalue weighted by Crippen LogP contribution is -1.84. The van der Waals surface area contributed by atoms with Gasteiger partial charge in [-0.15, -0.1) is 11.3 Å². The molecule has 0 radical (unpaired) electrons. The molecule has 0 bridgehead atoms. The second-order valence-corrected chi connectivity index (χ2v) is 5.72. The van der Waals surface area contributed by atoms with Gasteiger partial charge in [-0.05, 0) is 40.4 Å². The van der Waals surface area contributed by atoms with Crippen LogP contribution in [0.1, 0.15) is 5.69 Å². The van der Waals surface area contributed by atoms with E-state index in [0.29, 0.717) is 0 Å². The number of halogens is 1. The van der Waals surface area contributed by atoms with E-state index in [2.05, 4.69) is 31.3 Å². The van der Waals surface area contributed by atoms with E-state index < -0.39 is 0 Å². The fourth-order valence-electron chi connectivity index (χ4n) is 0.934. The second kappa shape index (κ2) is 4.42. The highest BCUT2D eigenvalue weighted by atomic mass is 79.9. The first-order chi connectivity index (χ1) is 6.75. The van der Waals surface area contributed by atoms with Gasteiger partial charge in [0.25, 0.3) is 0 Å². The first kappa shape index (κ1) is 10.1. The van der Waals surface area contributed by atoms with Gasteiger partial charge >= 0.3 is 0 Å². The fraction of sp³-hybridized carbons (Fsp3) is 0.111. The van der Waals surface area contributed by atoms with Gasteiger partial charge in [0.05, 0.1) is 4.21 Å². The van der Waals surface area contributed by atoms with E-state index in [-0.39, 0.29) is 0 Å². The molecule has 14 heavy (non-hydrogen) atoms. The van der Waals surface area contributed by atoms with E-state index >= 15 is 0 Å². The molecule has 0 saturated carbocycles. The molecule has 2 nitrogen and oxygen atoms in total. The lowest BCUT2D eigenvalue weighted by molar-refractivity contribution is 1.01. The highest BCUT2D eigenvalue weighted by Gasteiger charge is 2.04. The van der Waals surface area contributed by atoms with Crippen molar-refractivity contribution in [3.05, 3.63) is 34.0 Å². The molecule has 0 aromatic carbocycles. The van der Waals surface area contributed by atoms with Crippen molar-refractivity contribution in [2.45, 2.75) is 16.2 Å². The van der Waals surface area contributed by atoms with Gasteiger partial charge in [0.15, 0.2) is 0 Å². The molecule has 2 aromatic heterocycles. The normalized spacial score (nSPS) is 10.4. The Morgan fingerprint density at radius 3 is 2.93 bits per heavy atom. The molecule has 0 amide bonds. The summed E-state index contributed by atoms with van der Waals surface area (Å²) in [5, 5.41) is 3.04. The molecule has 0 aliphatic rings. The van der Waals surface area contributed by atoms with Crippen molar-refractivity contribution >= 4 is 39.0 Å². The van der Waals surface area contributed by atoms with E-state index in [4.69, 9.17) is 0 Å². The van der Waals surface area contributed by atoms with Crippen LogP contribution in [0, 0.1) is 6.92 Å². The van der Waals surface area contributed by atoms with Gasteiger partial charge in [-0.1, -0.05) is 11.8 Å². The summed E-state index contributed by atoms with van der Waals surface area (Å²) >= 11 is 6.85. The van der Waals surface area contributed by atoms with Crippen molar-refractivity contribution in [3.8, 4) is 0 Å². The minimum atomic E-state index is 0.987. The average Bonchev–Trinajstić information content (AvgIpc) is 2.52. The number of aryl methyl sites for hydroxylation is 1. The predicted octanol–water partition coefficient (Wildman–Crippen LogP) is 3.76. The van der Waals surface area contributed by atoms with E-state index in [9.17, 15) is 0 Å². The van der Waals surface area contributed by atoms with Gasteiger partial charge < -0.3 is 0 Å². The van der Waals surface area contributed by atoms with Gasteiger partial charge in [0.2, 0.25) is 0 Å². The Balaban J connectivity index is 2.23.